The minimum Gasteiger partial charge on any atom is -0.459 e. The fraction of sp³-hybridized carbons (Fsp3) is 0.471. The van der Waals surface area contributed by atoms with Crippen molar-refractivity contribution in [3.05, 3.63) is 36.1 Å². The lowest BCUT2D eigenvalue weighted by atomic mass is 10.1. The first-order chi connectivity index (χ1) is 9.63. The van der Waals surface area contributed by atoms with E-state index in [-0.39, 0.29) is 11.9 Å². The van der Waals surface area contributed by atoms with Gasteiger partial charge in [-0.3, -0.25) is 4.79 Å². The zero-order valence-corrected chi connectivity index (χ0v) is 12.6. The van der Waals surface area contributed by atoms with Gasteiger partial charge in [-0.05, 0) is 25.5 Å². The summed E-state index contributed by atoms with van der Waals surface area (Å²) < 4.78 is 5.83. The summed E-state index contributed by atoms with van der Waals surface area (Å²) in [6.07, 6.45) is 3.83. The van der Waals surface area contributed by atoms with Gasteiger partial charge >= 0.3 is 0 Å². The van der Waals surface area contributed by atoms with Crippen LogP contribution in [0.25, 0.3) is 11.0 Å². The molecule has 1 atom stereocenters. The van der Waals surface area contributed by atoms with Crippen LogP contribution in [-0.4, -0.2) is 17.9 Å². The SMILES string of the molecule is CCCCCC(=O)N(C)C(C)c1cc2ccccc2o1. The molecule has 1 aromatic carbocycles. The van der Waals surface area contributed by atoms with Crippen molar-refractivity contribution in [2.45, 2.75) is 45.6 Å². The summed E-state index contributed by atoms with van der Waals surface area (Å²) in [4.78, 5) is 13.9. The minimum atomic E-state index is -0.0310. The van der Waals surface area contributed by atoms with Crippen molar-refractivity contribution in [3.8, 4) is 0 Å². The summed E-state index contributed by atoms with van der Waals surface area (Å²) in [5, 5.41) is 1.08. The van der Waals surface area contributed by atoms with Crippen LogP contribution in [0.4, 0.5) is 0 Å². The number of hydrogen-bond donors (Lipinski definition) is 0. The normalized spacial score (nSPS) is 12.6. The second kappa shape index (κ2) is 6.60. The number of carbonyl (C=O) groups is 1. The van der Waals surface area contributed by atoms with Gasteiger partial charge in [0, 0.05) is 18.9 Å². The van der Waals surface area contributed by atoms with Crippen molar-refractivity contribution in [1.82, 2.24) is 4.90 Å². The third-order valence-corrected chi connectivity index (χ3v) is 3.82. The van der Waals surface area contributed by atoms with Gasteiger partial charge in [0.1, 0.15) is 11.3 Å². The van der Waals surface area contributed by atoms with Gasteiger partial charge in [0.05, 0.1) is 6.04 Å². The lowest BCUT2D eigenvalue weighted by Crippen LogP contribution is -2.29. The Bertz CT molecular complexity index is 540. The van der Waals surface area contributed by atoms with Crippen molar-refractivity contribution < 1.29 is 9.21 Å². The lowest BCUT2D eigenvalue weighted by molar-refractivity contribution is -0.132. The van der Waals surface area contributed by atoms with Crippen LogP contribution < -0.4 is 0 Å². The standard InChI is InChI=1S/C17H23NO2/c1-4-5-6-11-17(19)18(3)13(2)16-12-14-9-7-8-10-15(14)20-16/h7-10,12-13H,4-6,11H2,1-3H3. The number of fused-ring (bicyclic) bond motifs is 1. The predicted octanol–water partition coefficient (Wildman–Crippen LogP) is 4.53. The molecule has 0 aliphatic rings. The maximum absolute atomic E-state index is 12.1. The van der Waals surface area contributed by atoms with Gasteiger partial charge in [0.2, 0.25) is 5.91 Å². The van der Waals surface area contributed by atoms with Crippen LogP contribution >= 0.6 is 0 Å². The third kappa shape index (κ3) is 3.21. The molecule has 0 aliphatic heterocycles. The predicted molar refractivity (Wildman–Crippen MR) is 81.5 cm³/mol. The molecule has 0 radical (unpaired) electrons. The van der Waals surface area contributed by atoms with Gasteiger partial charge < -0.3 is 9.32 Å². The molecule has 3 heteroatoms. The summed E-state index contributed by atoms with van der Waals surface area (Å²) in [7, 11) is 1.85. The van der Waals surface area contributed by atoms with Crippen LogP contribution in [0.2, 0.25) is 0 Å². The molecule has 2 rings (SSSR count). The number of rotatable bonds is 6. The quantitative estimate of drug-likeness (QED) is 0.724. The molecule has 1 unspecified atom stereocenters. The van der Waals surface area contributed by atoms with E-state index >= 15 is 0 Å². The molecule has 0 saturated heterocycles. The van der Waals surface area contributed by atoms with E-state index in [0.29, 0.717) is 6.42 Å². The van der Waals surface area contributed by atoms with Crippen molar-refractivity contribution in [2.24, 2.45) is 0 Å². The molecule has 0 spiro atoms. The van der Waals surface area contributed by atoms with Gasteiger partial charge in [-0.1, -0.05) is 38.0 Å². The molecule has 0 aliphatic carbocycles. The zero-order chi connectivity index (χ0) is 14.5. The fourth-order valence-electron chi connectivity index (χ4n) is 2.32. The molecular weight excluding hydrogens is 250 g/mol. The van der Waals surface area contributed by atoms with E-state index in [1.54, 1.807) is 4.90 Å². The Morgan fingerprint density at radius 1 is 1.30 bits per heavy atom. The zero-order valence-electron chi connectivity index (χ0n) is 12.6. The molecule has 2 aromatic rings. The highest BCUT2D eigenvalue weighted by atomic mass is 16.3. The molecule has 1 heterocycles. The molecule has 0 N–H and O–H groups in total. The van der Waals surface area contributed by atoms with Crippen molar-refractivity contribution in [3.63, 3.8) is 0 Å². The number of unbranched alkanes of at least 4 members (excludes halogenated alkanes) is 2. The Labute approximate surface area is 120 Å². The Kier molecular flexibility index (Phi) is 4.83. The fourth-order valence-corrected chi connectivity index (χ4v) is 2.32. The monoisotopic (exact) mass is 273 g/mol. The number of para-hydroxylation sites is 1. The van der Waals surface area contributed by atoms with E-state index in [9.17, 15) is 4.79 Å². The highest BCUT2D eigenvalue weighted by molar-refractivity contribution is 5.79. The Morgan fingerprint density at radius 3 is 2.75 bits per heavy atom. The van der Waals surface area contributed by atoms with E-state index in [2.05, 4.69) is 6.92 Å². The van der Waals surface area contributed by atoms with Crippen LogP contribution in [0.3, 0.4) is 0 Å². The Balaban J connectivity index is 2.05. The van der Waals surface area contributed by atoms with E-state index in [4.69, 9.17) is 4.42 Å². The summed E-state index contributed by atoms with van der Waals surface area (Å²) in [6, 6.07) is 9.92. The lowest BCUT2D eigenvalue weighted by Gasteiger charge is -2.23. The second-order valence-corrected chi connectivity index (χ2v) is 5.32. The highest BCUT2D eigenvalue weighted by Gasteiger charge is 2.20. The maximum Gasteiger partial charge on any atom is 0.222 e. The average Bonchev–Trinajstić information content (AvgIpc) is 2.89. The maximum atomic E-state index is 12.1. The summed E-state index contributed by atoms with van der Waals surface area (Å²) in [5.74, 6) is 1.03. The summed E-state index contributed by atoms with van der Waals surface area (Å²) in [5.41, 5.74) is 0.876. The molecule has 3 nitrogen and oxygen atoms in total. The van der Waals surface area contributed by atoms with E-state index in [1.165, 1.54) is 0 Å². The van der Waals surface area contributed by atoms with Crippen LogP contribution in [0.1, 0.15) is 51.3 Å². The average molecular weight is 273 g/mol. The third-order valence-electron chi connectivity index (χ3n) is 3.82. The number of furan rings is 1. The Morgan fingerprint density at radius 2 is 2.05 bits per heavy atom. The van der Waals surface area contributed by atoms with Crippen LogP contribution in [0, 0.1) is 0 Å². The molecule has 0 bridgehead atoms. The first kappa shape index (κ1) is 14.6. The minimum absolute atomic E-state index is 0.0310. The Hall–Kier alpha value is -1.77. The largest absolute Gasteiger partial charge is 0.459 e. The van der Waals surface area contributed by atoms with Crippen LogP contribution in [0.5, 0.6) is 0 Å². The number of carbonyl (C=O) groups excluding carboxylic acids is 1. The van der Waals surface area contributed by atoms with Crippen LogP contribution in [0.15, 0.2) is 34.7 Å². The number of amides is 1. The van der Waals surface area contributed by atoms with E-state index in [1.807, 2.05) is 44.3 Å². The molecule has 0 fully saturated rings. The van der Waals surface area contributed by atoms with Crippen molar-refractivity contribution in [1.29, 1.82) is 0 Å². The summed E-state index contributed by atoms with van der Waals surface area (Å²) in [6.45, 7) is 4.15. The first-order valence-electron chi connectivity index (χ1n) is 7.37. The van der Waals surface area contributed by atoms with E-state index < -0.39 is 0 Å². The smallest absolute Gasteiger partial charge is 0.222 e. The van der Waals surface area contributed by atoms with Gasteiger partial charge in [-0.25, -0.2) is 0 Å². The molecule has 1 aromatic heterocycles. The molecule has 0 saturated carbocycles. The van der Waals surface area contributed by atoms with Gasteiger partial charge in [0.15, 0.2) is 0 Å². The molecule has 1 amide bonds. The van der Waals surface area contributed by atoms with Crippen molar-refractivity contribution >= 4 is 16.9 Å². The van der Waals surface area contributed by atoms with E-state index in [0.717, 1.165) is 36.0 Å². The van der Waals surface area contributed by atoms with Crippen molar-refractivity contribution in [2.75, 3.05) is 7.05 Å². The highest BCUT2D eigenvalue weighted by Crippen LogP contribution is 2.27. The first-order valence-corrected chi connectivity index (χ1v) is 7.37. The number of hydrogen-bond acceptors (Lipinski definition) is 2. The van der Waals surface area contributed by atoms with Gasteiger partial charge in [-0.15, -0.1) is 0 Å². The second-order valence-electron chi connectivity index (χ2n) is 5.32. The van der Waals surface area contributed by atoms with Crippen LogP contribution in [-0.2, 0) is 4.79 Å². The number of nitrogens with zero attached hydrogens (tertiary/aromatic N) is 1. The molecule has 20 heavy (non-hydrogen) atoms. The number of benzene rings is 1. The van der Waals surface area contributed by atoms with Gasteiger partial charge in [0.25, 0.3) is 0 Å². The van der Waals surface area contributed by atoms with Gasteiger partial charge in [-0.2, -0.15) is 0 Å². The molecular formula is C17H23NO2. The molecule has 108 valence electrons. The topological polar surface area (TPSA) is 33.5 Å². The summed E-state index contributed by atoms with van der Waals surface area (Å²) >= 11 is 0.